The Balaban J connectivity index is 1.82. The highest BCUT2D eigenvalue weighted by molar-refractivity contribution is 5.96. The molecular weight excluding hydrogens is 220 g/mol. The molecule has 0 N–H and O–H groups in total. The van der Waals surface area contributed by atoms with Gasteiger partial charge < -0.3 is 9.47 Å². The highest BCUT2D eigenvalue weighted by Crippen LogP contribution is 2.55. The van der Waals surface area contributed by atoms with Crippen molar-refractivity contribution in [2.45, 2.75) is 33.3 Å². The molecule has 4 nitrogen and oxygen atoms in total. The summed E-state index contributed by atoms with van der Waals surface area (Å²) in [6.07, 6.45) is 3.57. The van der Waals surface area contributed by atoms with Gasteiger partial charge in [0.25, 0.3) is 0 Å². The van der Waals surface area contributed by atoms with Crippen molar-refractivity contribution in [2.75, 3.05) is 6.61 Å². The van der Waals surface area contributed by atoms with Crippen molar-refractivity contribution in [3.05, 3.63) is 12.3 Å². The van der Waals surface area contributed by atoms with Crippen LogP contribution in [-0.4, -0.2) is 24.5 Å². The summed E-state index contributed by atoms with van der Waals surface area (Å²) in [5, 5.41) is 0. The molecule has 3 atom stereocenters. The van der Waals surface area contributed by atoms with Crippen LogP contribution in [0.3, 0.4) is 0 Å². The van der Waals surface area contributed by atoms with Crippen LogP contribution < -0.4 is 0 Å². The number of ether oxygens (including phenoxy) is 2. The van der Waals surface area contributed by atoms with Gasteiger partial charge in [-0.3, -0.25) is 9.59 Å². The Kier molecular flexibility index (Phi) is 3.08. The molecule has 0 bridgehead atoms. The van der Waals surface area contributed by atoms with Crippen molar-refractivity contribution < 1.29 is 19.1 Å². The minimum atomic E-state index is -0.250. The molecule has 0 radical (unpaired) electrons. The van der Waals surface area contributed by atoms with Gasteiger partial charge in [-0.25, -0.2) is 0 Å². The molecule has 2 fully saturated rings. The maximum atomic E-state index is 11.7. The first kappa shape index (κ1) is 12.3. The Labute approximate surface area is 101 Å². The van der Waals surface area contributed by atoms with Crippen molar-refractivity contribution >= 4 is 11.8 Å². The molecule has 0 spiro atoms. The van der Waals surface area contributed by atoms with Crippen molar-refractivity contribution in [1.29, 1.82) is 0 Å². The standard InChI is InChI=1S/C13H18O4/c1-4-5-16-12(15)10-11(13(10,2)3)17-7-8-6-9(8)14/h4-5,8,10-11H,6-7H2,1-3H3. The maximum Gasteiger partial charge on any atom is 0.317 e. The fourth-order valence-corrected chi connectivity index (χ4v) is 2.09. The Morgan fingerprint density at radius 2 is 2.18 bits per heavy atom. The summed E-state index contributed by atoms with van der Waals surface area (Å²) in [4.78, 5) is 22.6. The van der Waals surface area contributed by atoms with E-state index in [2.05, 4.69) is 0 Å². The van der Waals surface area contributed by atoms with E-state index >= 15 is 0 Å². The molecule has 0 aromatic heterocycles. The first-order valence-electron chi connectivity index (χ1n) is 5.94. The lowest BCUT2D eigenvalue weighted by atomic mass is 10.1. The van der Waals surface area contributed by atoms with E-state index in [-0.39, 0.29) is 35.1 Å². The SMILES string of the molecule is CC=COC(=O)C1C(OCC2CC2=O)C1(C)C. The molecule has 2 aliphatic rings. The number of esters is 1. The molecule has 17 heavy (non-hydrogen) atoms. The summed E-state index contributed by atoms with van der Waals surface area (Å²) >= 11 is 0. The summed E-state index contributed by atoms with van der Waals surface area (Å²) < 4.78 is 10.6. The minimum absolute atomic E-state index is 0.0682. The summed E-state index contributed by atoms with van der Waals surface area (Å²) in [7, 11) is 0. The molecule has 0 heterocycles. The van der Waals surface area contributed by atoms with Crippen LogP contribution in [0.5, 0.6) is 0 Å². The third kappa shape index (κ3) is 2.41. The van der Waals surface area contributed by atoms with Crippen LogP contribution in [0, 0.1) is 17.3 Å². The lowest BCUT2D eigenvalue weighted by Crippen LogP contribution is -2.09. The number of carbonyl (C=O) groups excluding carboxylic acids is 2. The summed E-state index contributed by atoms with van der Waals surface area (Å²) in [5.74, 6) is -0.136. The van der Waals surface area contributed by atoms with Crippen LogP contribution in [0.25, 0.3) is 0 Å². The van der Waals surface area contributed by atoms with Crippen LogP contribution in [0.1, 0.15) is 27.2 Å². The molecule has 2 aliphatic carbocycles. The zero-order valence-electron chi connectivity index (χ0n) is 10.4. The molecular formula is C13H18O4. The fraction of sp³-hybridized carbons (Fsp3) is 0.692. The first-order chi connectivity index (χ1) is 7.98. The fourth-order valence-electron chi connectivity index (χ4n) is 2.09. The van der Waals surface area contributed by atoms with Gasteiger partial charge in [-0.1, -0.05) is 19.9 Å². The quantitative estimate of drug-likeness (QED) is 0.540. The zero-order chi connectivity index (χ0) is 12.6. The Morgan fingerprint density at radius 3 is 2.71 bits per heavy atom. The van der Waals surface area contributed by atoms with Gasteiger partial charge >= 0.3 is 5.97 Å². The molecule has 0 aliphatic heterocycles. The van der Waals surface area contributed by atoms with E-state index < -0.39 is 0 Å². The summed E-state index contributed by atoms with van der Waals surface area (Å²) in [6.45, 7) is 6.19. The van der Waals surface area contributed by atoms with Gasteiger partial charge in [0, 0.05) is 17.8 Å². The Hall–Kier alpha value is -1.16. The van der Waals surface area contributed by atoms with E-state index in [0.29, 0.717) is 13.0 Å². The molecule has 94 valence electrons. The average Bonchev–Trinajstić information content (AvgIpc) is 3.09. The van der Waals surface area contributed by atoms with Crippen LogP contribution in [0.15, 0.2) is 12.3 Å². The van der Waals surface area contributed by atoms with Crippen LogP contribution in [0.4, 0.5) is 0 Å². The van der Waals surface area contributed by atoms with E-state index in [1.54, 1.807) is 13.0 Å². The molecule has 2 rings (SSSR count). The third-order valence-corrected chi connectivity index (χ3v) is 3.52. The van der Waals surface area contributed by atoms with Crippen molar-refractivity contribution in [3.8, 4) is 0 Å². The van der Waals surface area contributed by atoms with Gasteiger partial charge in [-0.2, -0.15) is 0 Å². The molecule has 3 unspecified atom stereocenters. The normalized spacial score (nSPS) is 33.8. The summed E-state index contributed by atoms with van der Waals surface area (Å²) in [5.41, 5.74) is -0.184. The largest absolute Gasteiger partial charge is 0.435 e. The first-order valence-corrected chi connectivity index (χ1v) is 5.94. The predicted molar refractivity (Wildman–Crippen MR) is 61.0 cm³/mol. The highest BCUT2D eigenvalue weighted by atomic mass is 16.5. The van der Waals surface area contributed by atoms with Gasteiger partial charge in [0.15, 0.2) is 0 Å². The number of ketones is 1. The number of hydrogen-bond acceptors (Lipinski definition) is 4. The lowest BCUT2D eigenvalue weighted by molar-refractivity contribution is -0.141. The second-order valence-electron chi connectivity index (χ2n) is 5.33. The van der Waals surface area contributed by atoms with Gasteiger partial charge in [-0.15, -0.1) is 0 Å². The van der Waals surface area contributed by atoms with Gasteiger partial charge in [0.2, 0.25) is 0 Å². The topological polar surface area (TPSA) is 52.6 Å². The van der Waals surface area contributed by atoms with Crippen molar-refractivity contribution in [2.24, 2.45) is 17.3 Å². The lowest BCUT2D eigenvalue weighted by Gasteiger charge is -2.02. The van der Waals surface area contributed by atoms with Crippen molar-refractivity contribution in [1.82, 2.24) is 0 Å². The van der Waals surface area contributed by atoms with E-state index in [1.807, 2.05) is 13.8 Å². The molecule has 0 aromatic carbocycles. The molecule has 0 aromatic rings. The van der Waals surface area contributed by atoms with Crippen LogP contribution in [-0.2, 0) is 19.1 Å². The van der Waals surface area contributed by atoms with Gasteiger partial charge in [-0.05, 0) is 6.92 Å². The Bertz CT molecular complexity index is 370. The Morgan fingerprint density at radius 1 is 1.53 bits per heavy atom. The zero-order valence-corrected chi connectivity index (χ0v) is 10.4. The highest BCUT2D eigenvalue weighted by Gasteiger charge is 2.64. The van der Waals surface area contributed by atoms with Gasteiger partial charge in [0.1, 0.15) is 5.78 Å². The number of allylic oxidation sites excluding steroid dienone is 1. The van der Waals surface area contributed by atoms with Crippen LogP contribution in [0.2, 0.25) is 0 Å². The van der Waals surface area contributed by atoms with E-state index in [1.165, 1.54) is 6.26 Å². The van der Waals surface area contributed by atoms with E-state index in [0.717, 1.165) is 0 Å². The monoisotopic (exact) mass is 238 g/mol. The molecule has 0 amide bonds. The van der Waals surface area contributed by atoms with Crippen LogP contribution >= 0.6 is 0 Å². The molecule has 2 saturated carbocycles. The predicted octanol–water partition coefficient (Wildman–Crippen LogP) is 1.69. The van der Waals surface area contributed by atoms with Crippen molar-refractivity contribution in [3.63, 3.8) is 0 Å². The maximum absolute atomic E-state index is 11.7. The molecule has 4 heteroatoms. The third-order valence-electron chi connectivity index (χ3n) is 3.52. The summed E-state index contributed by atoms with van der Waals surface area (Å²) in [6, 6.07) is 0. The second kappa shape index (κ2) is 4.26. The average molecular weight is 238 g/mol. The van der Waals surface area contributed by atoms with E-state index in [9.17, 15) is 9.59 Å². The smallest absolute Gasteiger partial charge is 0.317 e. The minimum Gasteiger partial charge on any atom is -0.435 e. The number of hydrogen-bond donors (Lipinski definition) is 0. The second-order valence-corrected chi connectivity index (χ2v) is 5.33. The number of carbonyl (C=O) groups is 2. The number of Topliss-reactive ketones (excluding diaryl/α,β-unsaturated/α-hetero) is 1. The molecule has 0 saturated heterocycles. The number of rotatable bonds is 5. The van der Waals surface area contributed by atoms with E-state index in [4.69, 9.17) is 9.47 Å². The van der Waals surface area contributed by atoms with Gasteiger partial charge in [0.05, 0.1) is 24.9 Å².